The zero-order valence-corrected chi connectivity index (χ0v) is 14.3. The van der Waals surface area contributed by atoms with Crippen molar-refractivity contribution in [1.82, 2.24) is 9.97 Å². The van der Waals surface area contributed by atoms with Gasteiger partial charge in [-0.25, -0.2) is 14.8 Å². The molecule has 9 heteroatoms. The van der Waals surface area contributed by atoms with Gasteiger partial charge in [0.1, 0.15) is 12.7 Å². The summed E-state index contributed by atoms with van der Waals surface area (Å²) in [5.41, 5.74) is 5.46. The van der Waals surface area contributed by atoms with Crippen LogP contribution in [0.5, 0.6) is 5.88 Å². The number of aromatic nitrogens is 2. The SMILES string of the molecule is CCC.CNc1nc(N2CC(CCN)OC2=O)cnc1OCC=O. The molecule has 1 saturated heterocycles. The molecule has 2 rings (SSSR count). The summed E-state index contributed by atoms with van der Waals surface area (Å²) in [6.45, 7) is 4.95. The monoisotopic (exact) mass is 339 g/mol. The molecule has 3 N–H and O–H groups in total. The molecule has 1 unspecified atom stereocenters. The van der Waals surface area contributed by atoms with Crippen LogP contribution in [0.1, 0.15) is 26.7 Å². The molecule has 1 aliphatic rings. The van der Waals surface area contributed by atoms with E-state index in [1.165, 1.54) is 17.5 Å². The Balaban J connectivity index is 0.000000891. The Kier molecular flexibility index (Phi) is 8.48. The van der Waals surface area contributed by atoms with E-state index in [4.69, 9.17) is 15.2 Å². The minimum atomic E-state index is -0.480. The molecule has 0 saturated carbocycles. The molecule has 0 bridgehead atoms. The van der Waals surface area contributed by atoms with Crippen molar-refractivity contribution in [3.8, 4) is 5.88 Å². The van der Waals surface area contributed by atoms with Crippen molar-refractivity contribution in [1.29, 1.82) is 0 Å². The first-order valence-electron chi connectivity index (χ1n) is 7.90. The predicted octanol–water partition coefficient (Wildman–Crippen LogP) is 1.19. The largest absolute Gasteiger partial charge is 0.467 e. The molecule has 9 nitrogen and oxygen atoms in total. The Hall–Kier alpha value is -2.42. The zero-order chi connectivity index (χ0) is 17.9. The number of amides is 1. The molecule has 134 valence electrons. The van der Waals surface area contributed by atoms with Crippen molar-refractivity contribution in [2.45, 2.75) is 32.8 Å². The van der Waals surface area contributed by atoms with Crippen LogP contribution >= 0.6 is 0 Å². The third-order valence-electron chi connectivity index (χ3n) is 2.89. The predicted molar refractivity (Wildman–Crippen MR) is 90.4 cm³/mol. The van der Waals surface area contributed by atoms with Gasteiger partial charge in [0.15, 0.2) is 17.9 Å². The van der Waals surface area contributed by atoms with Gasteiger partial charge in [0.05, 0.1) is 12.7 Å². The van der Waals surface area contributed by atoms with E-state index in [9.17, 15) is 9.59 Å². The molecule has 1 fully saturated rings. The molecular weight excluding hydrogens is 314 g/mol. The minimum Gasteiger partial charge on any atom is -0.467 e. The van der Waals surface area contributed by atoms with Crippen molar-refractivity contribution in [3.63, 3.8) is 0 Å². The molecule has 0 aliphatic carbocycles. The van der Waals surface area contributed by atoms with Gasteiger partial charge in [0.2, 0.25) is 0 Å². The number of carbonyl (C=O) groups is 2. The van der Waals surface area contributed by atoms with E-state index >= 15 is 0 Å². The number of nitrogens with one attached hydrogen (secondary N) is 1. The highest BCUT2D eigenvalue weighted by Gasteiger charge is 2.33. The van der Waals surface area contributed by atoms with Gasteiger partial charge >= 0.3 is 6.09 Å². The van der Waals surface area contributed by atoms with Crippen LogP contribution in [0.3, 0.4) is 0 Å². The second-order valence-corrected chi connectivity index (χ2v) is 5.01. The second-order valence-electron chi connectivity index (χ2n) is 5.01. The molecule has 0 aromatic carbocycles. The summed E-state index contributed by atoms with van der Waals surface area (Å²) in [5.74, 6) is 0.881. The minimum absolute atomic E-state index is 0.118. The van der Waals surface area contributed by atoms with Crippen LogP contribution in [-0.2, 0) is 9.53 Å². The van der Waals surface area contributed by atoms with E-state index in [0.717, 1.165) is 0 Å². The maximum absolute atomic E-state index is 11.8. The number of ether oxygens (including phenoxy) is 2. The molecule has 1 aliphatic heterocycles. The van der Waals surface area contributed by atoms with Crippen molar-refractivity contribution in [2.75, 3.05) is 37.0 Å². The lowest BCUT2D eigenvalue weighted by molar-refractivity contribution is -0.109. The van der Waals surface area contributed by atoms with Crippen LogP contribution < -0.4 is 20.7 Å². The van der Waals surface area contributed by atoms with Crippen molar-refractivity contribution < 1.29 is 19.1 Å². The van der Waals surface area contributed by atoms with Gasteiger partial charge in [-0.2, -0.15) is 0 Å². The molecule has 1 aromatic heterocycles. The summed E-state index contributed by atoms with van der Waals surface area (Å²) < 4.78 is 10.3. The maximum atomic E-state index is 11.8. The molecule has 0 spiro atoms. The third kappa shape index (κ3) is 5.34. The quantitative estimate of drug-likeness (QED) is 0.711. The average molecular weight is 339 g/mol. The summed E-state index contributed by atoms with van der Waals surface area (Å²) >= 11 is 0. The normalized spacial score (nSPS) is 16.1. The Morgan fingerprint density at radius 2 is 2.25 bits per heavy atom. The summed E-state index contributed by atoms with van der Waals surface area (Å²) in [4.78, 5) is 31.8. The molecule has 1 amide bonds. The van der Waals surface area contributed by atoms with Gasteiger partial charge in [-0.3, -0.25) is 9.69 Å². The smallest absolute Gasteiger partial charge is 0.415 e. The fourth-order valence-electron chi connectivity index (χ4n) is 1.93. The number of rotatable bonds is 7. The van der Waals surface area contributed by atoms with Crippen LogP contribution in [0.15, 0.2) is 6.20 Å². The van der Waals surface area contributed by atoms with Crippen molar-refractivity contribution >= 4 is 24.0 Å². The summed E-state index contributed by atoms with van der Waals surface area (Å²) in [7, 11) is 1.64. The standard InChI is InChI=1S/C12H17N5O4.C3H8/c1-14-10-11(20-5-4-18)15-6-9(16-10)17-7-8(2-3-13)21-12(17)19;1-3-2/h4,6,8H,2-3,5,7,13H2,1H3,(H,14,16);3H2,1-2H3. The number of anilines is 2. The molecule has 2 heterocycles. The zero-order valence-electron chi connectivity index (χ0n) is 14.3. The van der Waals surface area contributed by atoms with Gasteiger partial charge in [-0.1, -0.05) is 20.3 Å². The van der Waals surface area contributed by atoms with Gasteiger partial charge in [-0.05, 0) is 13.0 Å². The average Bonchev–Trinajstić information content (AvgIpc) is 2.94. The number of cyclic esters (lactones) is 1. The Labute approximate surface area is 141 Å². The van der Waals surface area contributed by atoms with Crippen LogP contribution in [0.2, 0.25) is 0 Å². The molecule has 1 aromatic rings. The highest BCUT2D eigenvalue weighted by Crippen LogP contribution is 2.25. The van der Waals surface area contributed by atoms with Gasteiger partial charge in [-0.15, -0.1) is 0 Å². The lowest BCUT2D eigenvalue weighted by Crippen LogP contribution is -2.26. The lowest BCUT2D eigenvalue weighted by Gasteiger charge is -2.14. The van der Waals surface area contributed by atoms with Crippen molar-refractivity contribution in [3.05, 3.63) is 6.20 Å². The van der Waals surface area contributed by atoms with E-state index in [2.05, 4.69) is 29.1 Å². The molecule has 24 heavy (non-hydrogen) atoms. The number of hydrogen-bond donors (Lipinski definition) is 2. The number of hydrogen-bond acceptors (Lipinski definition) is 8. The van der Waals surface area contributed by atoms with E-state index in [1.807, 2.05) is 0 Å². The number of nitrogens with two attached hydrogens (primary N) is 1. The fourth-order valence-corrected chi connectivity index (χ4v) is 1.93. The van der Waals surface area contributed by atoms with Crippen LogP contribution in [0.25, 0.3) is 0 Å². The van der Waals surface area contributed by atoms with Gasteiger partial charge in [0, 0.05) is 7.05 Å². The first-order valence-corrected chi connectivity index (χ1v) is 7.90. The van der Waals surface area contributed by atoms with E-state index < -0.39 is 6.09 Å². The summed E-state index contributed by atoms with van der Waals surface area (Å²) in [6.07, 6.45) is 3.13. The third-order valence-corrected chi connectivity index (χ3v) is 2.89. The Morgan fingerprint density at radius 3 is 2.83 bits per heavy atom. The van der Waals surface area contributed by atoms with Crippen molar-refractivity contribution in [2.24, 2.45) is 5.73 Å². The Morgan fingerprint density at radius 1 is 1.54 bits per heavy atom. The fraction of sp³-hybridized carbons (Fsp3) is 0.600. The van der Waals surface area contributed by atoms with E-state index in [0.29, 0.717) is 37.4 Å². The number of aldehydes is 1. The van der Waals surface area contributed by atoms with Crippen LogP contribution in [0.4, 0.5) is 16.4 Å². The van der Waals surface area contributed by atoms with E-state index in [1.54, 1.807) is 7.05 Å². The van der Waals surface area contributed by atoms with Crippen LogP contribution in [0, 0.1) is 0 Å². The highest BCUT2D eigenvalue weighted by atomic mass is 16.6. The second kappa shape index (κ2) is 10.4. The Bertz CT molecular complexity index is 541. The van der Waals surface area contributed by atoms with Crippen LogP contribution in [-0.4, -0.2) is 55.2 Å². The summed E-state index contributed by atoms with van der Waals surface area (Å²) in [5, 5.41) is 2.81. The molecular formula is C15H25N5O4. The lowest BCUT2D eigenvalue weighted by atomic mass is 10.2. The summed E-state index contributed by atoms with van der Waals surface area (Å²) in [6, 6.07) is 0. The molecule has 0 radical (unpaired) electrons. The maximum Gasteiger partial charge on any atom is 0.415 e. The van der Waals surface area contributed by atoms with Gasteiger partial charge < -0.3 is 20.5 Å². The topological polar surface area (TPSA) is 120 Å². The number of carbonyl (C=O) groups excluding carboxylic acids is 2. The van der Waals surface area contributed by atoms with Gasteiger partial charge in [0.25, 0.3) is 5.88 Å². The first-order chi connectivity index (χ1) is 11.6. The molecule has 1 atom stereocenters. The first kappa shape index (κ1) is 19.6. The highest BCUT2D eigenvalue weighted by molar-refractivity contribution is 5.88. The van der Waals surface area contributed by atoms with E-state index in [-0.39, 0.29) is 18.6 Å². The number of nitrogens with zero attached hydrogens (tertiary/aromatic N) is 3.